The number of amides is 1. The Bertz CT molecular complexity index is 1230. The van der Waals surface area contributed by atoms with Crippen molar-refractivity contribution in [2.75, 3.05) is 11.9 Å². The minimum atomic E-state index is -0.170. The van der Waals surface area contributed by atoms with Crippen LogP contribution < -0.4 is 10.5 Å². The third kappa shape index (κ3) is 3.12. The molecule has 0 fully saturated rings. The van der Waals surface area contributed by atoms with Crippen LogP contribution in [0.2, 0.25) is 0 Å². The third-order valence-corrected chi connectivity index (χ3v) is 4.70. The Morgan fingerprint density at radius 2 is 1.93 bits per heavy atom. The molecule has 0 atom stereocenters. The topological polar surface area (TPSA) is 81.8 Å². The Labute approximate surface area is 161 Å². The second-order valence-corrected chi connectivity index (χ2v) is 6.42. The zero-order chi connectivity index (χ0) is 19.7. The summed E-state index contributed by atoms with van der Waals surface area (Å²) >= 11 is 0. The molecule has 0 spiro atoms. The molecule has 1 aromatic carbocycles. The van der Waals surface area contributed by atoms with Gasteiger partial charge in [0.1, 0.15) is 5.65 Å². The van der Waals surface area contributed by atoms with Gasteiger partial charge < -0.3 is 14.9 Å². The molecule has 0 aliphatic carbocycles. The van der Waals surface area contributed by atoms with Crippen LogP contribution >= 0.6 is 0 Å². The number of H-pyrrole nitrogens is 2. The van der Waals surface area contributed by atoms with Crippen molar-refractivity contribution < 1.29 is 4.79 Å². The highest BCUT2D eigenvalue weighted by atomic mass is 16.2. The van der Waals surface area contributed by atoms with Crippen molar-refractivity contribution in [3.05, 3.63) is 84.1 Å². The molecule has 0 aliphatic rings. The molecule has 0 radical (unpaired) electrons. The number of aromatic nitrogens is 3. The van der Waals surface area contributed by atoms with E-state index in [4.69, 9.17) is 0 Å². The van der Waals surface area contributed by atoms with Gasteiger partial charge in [-0.15, -0.1) is 0 Å². The summed E-state index contributed by atoms with van der Waals surface area (Å²) < 4.78 is 0. The van der Waals surface area contributed by atoms with Gasteiger partial charge in [0.15, 0.2) is 0 Å². The number of nitrogens with one attached hydrogen (secondary N) is 2. The average molecular weight is 370 g/mol. The molecule has 28 heavy (non-hydrogen) atoms. The van der Waals surface area contributed by atoms with Gasteiger partial charge in [-0.1, -0.05) is 18.7 Å². The van der Waals surface area contributed by atoms with Crippen LogP contribution in [0.3, 0.4) is 0 Å². The smallest absolute Gasteiger partial charge is 0.250 e. The van der Waals surface area contributed by atoms with E-state index in [1.807, 2.05) is 36.5 Å². The number of carbonyl (C=O) groups excluding carboxylic acids is 1. The third-order valence-electron chi connectivity index (χ3n) is 4.70. The van der Waals surface area contributed by atoms with Gasteiger partial charge in [0, 0.05) is 59.5 Å². The van der Waals surface area contributed by atoms with Crippen LogP contribution in [0.15, 0.2) is 78.5 Å². The molecule has 0 aliphatic heterocycles. The molecule has 0 saturated heterocycles. The largest absolute Gasteiger partial charge is 0.346 e. The standard InChI is InChI=1S/C22H18N4O2/c1-3-21(28)26(2)17-6-4-5-14(9-17)16-10-18-19(13-25-22(18)24-12-16)15-7-8-20(27)23-11-15/h3-13H,1H2,2H3,(H,23,27)(H,24,25). The van der Waals surface area contributed by atoms with Crippen LogP contribution in [0.1, 0.15) is 0 Å². The normalized spacial score (nSPS) is 10.8. The van der Waals surface area contributed by atoms with Crippen LogP contribution in [0.4, 0.5) is 5.69 Å². The predicted molar refractivity (Wildman–Crippen MR) is 111 cm³/mol. The highest BCUT2D eigenvalue weighted by Gasteiger charge is 2.11. The first-order chi connectivity index (χ1) is 13.6. The van der Waals surface area contributed by atoms with Gasteiger partial charge in [0.2, 0.25) is 11.5 Å². The van der Waals surface area contributed by atoms with Crippen molar-refractivity contribution in [3.8, 4) is 22.3 Å². The van der Waals surface area contributed by atoms with E-state index in [9.17, 15) is 9.59 Å². The lowest BCUT2D eigenvalue weighted by atomic mass is 10.0. The molecule has 6 heteroatoms. The van der Waals surface area contributed by atoms with Gasteiger partial charge in [-0.2, -0.15) is 0 Å². The summed E-state index contributed by atoms with van der Waals surface area (Å²) in [5.74, 6) is -0.170. The maximum atomic E-state index is 11.9. The Kier molecular flexibility index (Phi) is 4.37. The molecule has 3 heterocycles. The molecular weight excluding hydrogens is 352 g/mol. The molecule has 4 rings (SSSR count). The lowest BCUT2D eigenvalue weighted by Crippen LogP contribution is -2.23. The Morgan fingerprint density at radius 1 is 1.07 bits per heavy atom. The highest BCUT2D eigenvalue weighted by molar-refractivity contribution is 6.01. The molecule has 1 amide bonds. The molecule has 4 aromatic rings. The number of likely N-dealkylation sites (N-methyl/N-ethyl adjacent to an activating group) is 1. The molecule has 6 nitrogen and oxygen atoms in total. The zero-order valence-corrected chi connectivity index (χ0v) is 15.3. The van der Waals surface area contributed by atoms with E-state index in [0.717, 1.165) is 39.0 Å². The second-order valence-electron chi connectivity index (χ2n) is 6.42. The summed E-state index contributed by atoms with van der Waals surface area (Å²) in [6.45, 7) is 3.53. The first-order valence-electron chi connectivity index (χ1n) is 8.73. The van der Waals surface area contributed by atoms with Crippen LogP contribution in [0.25, 0.3) is 33.3 Å². The number of rotatable bonds is 4. The number of anilines is 1. The fourth-order valence-electron chi connectivity index (χ4n) is 3.14. The predicted octanol–water partition coefficient (Wildman–Crippen LogP) is 3.73. The first kappa shape index (κ1) is 17.5. The van der Waals surface area contributed by atoms with E-state index in [1.54, 1.807) is 30.4 Å². The summed E-state index contributed by atoms with van der Waals surface area (Å²) in [5.41, 5.74) is 5.13. The average Bonchev–Trinajstić information content (AvgIpc) is 3.16. The minimum absolute atomic E-state index is 0.141. The van der Waals surface area contributed by atoms with Gasteiger partial charge in [-0.3, -0.25) is 9.59 Å². The SMILES string of the molecule is C=CC(=O)N(C)c1cccc(-c2cnc3[nH]cc(-c4ccc(=O)[nH]c4)c3c2)c1. The van der Waals surface area contributed by atoms with E-state index >= 15 is 0 Å². The van der Waals surface area contributed by atoms with Crippen molar-refractivity contribution >= 4 is 22.6 Å². The lowest BCUT2D eigenvalue weighted by molar-refractivity contribution is -0.113. The fourth-order valence-corrected chi connectivity index (χ4v) is 3.14. The first-order valence-corrected chi connectivity index (χ1v) is 8.73. The van der Waals surface area contributed by atoms with Gasteiger partial charge >= 0.3 is 0 Å². The number of carbonyl (C=O) groups is 1. The Morgan fingerprint density at radius 3 is 2.68 bits per heavy atom. The second kappa shape index (κ2) is 7.00. The number of benzene rings is 1. The number of aromatic amines is 2. The summed E-state index contributed by atoms with van der Waals surface area (Å²) in [6.07, 6.45) is 6.65. The summed E-state index contributed by atoms with van der Waals surface area (Å²) in [6, 6.07) is 13.0. The number of hydrogen-bond donors (Lipinski definition) is 2. The van der Waals surface area contributed by atoms with E-state index in [1.165, 1.54) is 12.1 Å². The van der Waals surface area contributed by atoms with Gasteiger partial charge in [-0.05, 0) is 35.9 Å². The maximum Gasteiger partial charge on any atom is 0.250 e. The highest BCUT2D eigenvalue weighted by Crippen LogP contribution is 2.31. The quantitative estimate of drug-likeness (QED) is 0.537. The summed E-state index contributed by atoms with van der Waals surface area (Å²) in [5, 5.41) is 0.950. The van der Waals surface area contributed by atoms with E-state index < -0.39 is 0 Å². The fraction of sp³-hybridized carbons (Fsp3) is 0.0455. The number of pyridine rings is 2. The van der Waals surface area contributed by atoms with Crippen LogP contribution in [0, 0.1) is 0 Å². The van der Waals surface area contributed by atoms with Crippen molar-refractivity contribution in [3.63, 3.8) is 0 Å². The zero-order valence-electron chi connectivity index (χ0n) is 15.3. The summed E-state index contributed by atoms with van der Waals surface area (Å²) in [4.78, 5) is 35.2. The summed E-state index contributed by atoms with van der Waals surface area (Å²) in [7, 11) is 1.71. The van der Waals surface area contributed by atoms with Crippen molar-refractivity contribution in [1.82, 2.24) is 15.0 Å². The molecule has 0 saturated carbocycles. The van der Waals surface area contributed by atoms with Crippen LogP contribution in [0.5, 0.6) is 0 Å². The monoisotopic (exact) mass is 370 g/mol. The lowest BCUT2D eigenvalue weighted by Gasteiger charge is -2.16. The maximum absolute atomic E-state index is 11.9. The van der Waals surface area contributed by atoms with Gasteiger partial charge in [0.25, 0.3) is 0 Å². The molecular formula is C22H18N4O2. The van der Waals surface area contributed by atoms with E-state index in [-0.39, 0.29) is 11.5 Å². The Hall–Kier alpha value is -3.93. The molecule has 0 unspecified atom stereocenters. The number of hydrogen-bond acceptors (Lipinski definition) is 3. The molecule has 3 aromatic heterocycles. The minimum Gasteiger partial charge on any atom is -0.346 e. The molecule has 138 valence electrons. The van der Waals surface area contributed by atoms with Crippen LogP contribution in [-0.2, 0) is 4.79 Å². The number of fused-ring (bicyclic) bond motifs is 1. The van der Waals surface area contributed by atoms with Crippen molar-refractivity contribution in [2.45, 2.75) is 0 Å². The van der Waals surface area contributed by atoms with Gasteiger partial charge in [-0.25, -0.2) is 4.98 Å². The molecule has 0 bridgehead atoms. The number of nitrogens with zero attached hydrogens (tertiary/aromatic N) is 2. The van der Waals surface area contributed by atoms with Crippen molar-refractivity contribution in [1.29, 1.82) is 0 Å². The Balaban J connectivity index is 1.79. The van der Waals surface area contributed by atoms with E-state index in [0.29, 0.717) is 0 Å². The van der Waals surface area contributed by atoms with Crippen LogP contribution in [-0.4, -0.2) is 27.9 Å². The van der Waals surface area contributed by atoms with E-state index in [2.05, 4.69) is 21.5 Å². The molecule has 2 N–H and O–H groups in total. The van der Waals surface area contributed by atoms with Gasteiger partial charge in [0.05, 0.1) is 0 Å². The van der Waals surface area contributed by atoms with Crippen molar-refractivity contribution in [2.24, 2.45) is 0 Å².